The molecular weight excluding hydrogens is 340 g/mol. The van der Waals surface area contributed by atoms with E-state index in [1.54, 1.807) is 6.26 Å². The Morgan fingerprint density at radius 2 is 1.93 bits per heavy atom. The summed E-state index contributed by atoms with van der Waals surface area (Å²) >= 11 is 0. The van der Waals surface area contributed by atoms with Gasteiger partial charge in [-0.3, -0.25) is 0 Å². The van der Waals surface area contributed by atoms with Gasteiger partial charge < -0.3 is 19.5 Å². The van der Waals surface area contributed by atoms with E-state index < -0.39 is 0 Å². The molecular formula is C21H26N4O2. The molecule has 0 saturated carbocycles. The summed E-state index contributed by atoms with van der Waals surface area (Å²) in [5.74, 6) is 3.09. The van der Waals surface area contributed by atoms with Crippen LogP contribution in [0.1, 0.15) is 42.7 Å². The Kier molecular flexibility index (Phi) is 5.96. The van der Waals surface area contributed by atoms with E-state index in [-0.39, 0.29) is 6.04 Å². The van der Waals surface area contributed by atoms with E-state index >= 15 is 0 Å². The van der Waals surface area contributed by atoms with Gasteiger partial charge in [-0.1, -0.05) is 17.7 Å². The van der Waals surface area contributed by atoms with Crippen molar-refractivity contribution in [3.05, 3.63) is 65.4 Å². The number of guanidine groups is 1. The average Bonchev–Trinajstić information content (AvgIpc) is 3.30. The summed E-state index contributed by atoms with van der Waals surface area (Å²) in [6.45, 7) is 9.25. The maximum absolute atomic E-state index is 5.68. The maximum atomic E-state index is 5.68. The first-order valence-electron chi connectivity index (χ1n) is 9.17. The molecule has 3 rings (SSSR count). The number of nitrogens with one attached hydrogen (secondary N) is 2. The third kappa shape index (κ3) is 5.00. The van der Waals surface area contributed by atoms with Gasteiger partial charge in [0.15, 0.2) is 5.96 Å². The summed E-state index contributed by atoms with van der Waals surface area (Å²) in [5.41, 5.74) is 2.95. The minimum atomic E-state index is 0.0110. The Morgan fingerprint density at radius 1 is 1.15 bits per heavy atom. The molecule has 27 heavy (non-hydrogen) atoms. The van der Waals surface area contributed by atoms with Crippen molar-refractivity contribution in [3.8, 4) is 11.5 Å². The number of aryl methyl sites for hydroxylation is 2. The van der Waals surface area contributed by atoms with Crippen LogP contribution in [0.5, 0.6) is 0 Å². The van der Waals surface area contributed by atoms with Crippen LogP contribution in [0.3, 0.4) is 0 Å². The van der Waals surface area contributed by atoms with E-state index in [0.717, 1.165) is 29.3 Å². The molecule has 142 valence electrons. The van der Waals surface area contributed by atoms with Crippen LogP contribution in [0, 0.1) is 13.8 Å². The molecule has 6 nitrogen and oxygen atoms in total. The van der Waals surface area contributed by atoms with Crippen LogP contribution >= 0.6 is 0 Å². The van der Waals surface area contributed by atoms with Crippen molar-refractivity contribution in [1.82, 2.24) is 15.6 Å². The van der Waals surface area contributed by atoms with Crippen LogP contribution in [-0.2, 0) is 6.54 Å². The molecule has 2 heterocycles. The van der Waals surface area contributed by atoms with Crippen molar-refractivity contribution < 1.29 is 8.83 Å². The van der Waals surface area contributed by atoms with E-state index in [9.17, 15) is 0 Å². The van der Waals surface area contributed by atoms with Crippen molar-refractivity contribution in [2.24, 2.45) is 4.99 Å². The van der Waals surface area contributed by atoms with Gasteiger partial charge in [0, 0.05) is 12.1 Å². The van der Waals surface area contributed by atoms with Gasteiger partial charge in [0.05, 0.1) is 12.6 Å². The minimum Gasteiger partial charge on any atom is -0.464 e. The number of hydrogen-bond donors (Lipinski definition) is 2. The Labute approximate surface area is 159 Å². The largest absolute Gasteiger partial charge is 0.464 e. The quantitative estimate of drug-likeness (QED) is 0.500. The highest BCUT2D eigenvalue weighted by atomic mass is 16.3. The summed E-state index contributed by atoms with van der Waals surface area (Å²) in [6, 6.07) is 12.0. The highest BCUT2D eigenvalue weighted by Crippen LogP contribution is 2.19. The van der Waals surface area contributed by atoms with Gasteiger partial charge in [-0.15, -0.1) is 0 Å². The zero-order valence-electron chi connectivity index (χ0n) is 16.2. The second-order valence-corrected chi connectivity index (χ2v) is 6.52. The van der Waals surface area contributed by atoms with E-state index in [0.29, 0.717) is 18.4 Å². The van der Waals surface area contributed by atoms with Crippen molar-refractivity contribution in [2.75, 3.05) is 6.54 Å². The zero-order chi connectivity index (χ0) is 19.2. The highest BCUT2D eigenvalue weighted by Gasteiger charge is 2.12. The first-order valence-corrected chi connectivity index (χ1v) is 9.17. The molecule has 6 heteroatoms. The molecule has 0 aliphatic heterocycles. The third-order valence-electron chi connectivity index (χ3n) is 4.13. The topological polar surface area (TPSA) is 75.6 Å². The van der Waals surface area contributed by atoms with Crippen LogP contribution in [-0.4, -0.2) is 17.5 Å². The van der Waals surface area contributed by atoms with Gasteiger partial charge in [0.25, 0.3) is 0 Å². The Hall–Kier alpha value is -3.02. The summed E-state index contributed by atoms with van der Waals surface area (Å²) in [6.07, 6.45) is 1.65. The molecule has 0 bridgehead atoms. The number of rotatable bonds is 6. The lowest BCUT2D eigenvalue weighted by atomic mass is 10.1. The highest BCUT2D eigenvalue weighted by molar-refractivity contribution is 5.80. The van der Waals surface area contributed by atoms with Gasteiger partial charge in [-0.2, -0.15) is 0 Å². The smallest absolute Gasteiger partial charge is 0.226 e. The van der Waals surface area contributed by atoms with Crippen molar-refractivity contribution >= 4 is 5.96 Å². The molecule has 0 spiro atoms. The lowest BCUT2D eigenvalue weighted by Gasteiger charge is -2.15. The Bertz CT molecular complexity index is 893. The normalized spacial score (nSPS) is 12.8. The SMILES string of the molecule is CCNC(=NCc1coc(-c2ccc(C)cc2)n1)NC(C)c1ccc(C)o1. The van der Waals surface area contributed by atoms with Crippen LogP contribution in [0.25, 0.3) is 11.5 Å². The predicted molar refractivity (Wildman–Crippen MR) is 106 cm³/mol. The number of oxazole rings is 1. The number of aromatic nitrogens is 1. The molecule has 2 N–H and O–H groups in total. The maximum Gasteiger partial charge on any atom is 0.226 e. The van der Waals surface area contributed by atoms with Gasteiger partial charge in [0.1, 0.15) is 23.5 Å². The van der Waals surface area contributed by atoms with E-state index in [1.807, 2.05) is 57.2 Å². The van der Waals surface area contributed by atoms with Crippen molar-refractivity contribution in [1.29, 1.82) is 0 Å². The van der Waals surface area contributed by atoms with E-state index in [2.05, 4.69) is 27.5 Å². The summed E-state index contributed by atoms with van der Waals surface area (Å²) in [5, 5.41) is 6.59. The Morgan fingerprint density at radius 3 is 2.59 bits per heavy atom. The predicted octanol–water partition coefficient (Wildman–Crippen LogP) is 4.37. The fourth-order valence-electron chi connectivity index (χ4n) is 2.65. The minimum absolute atomic E-state index is 0.0110. The molecule has 0 fully saturated rings. The van der Waals surface area contributed by atoms with Gasteiger partial charge >= 0.3 is 0 Å². The molecule has 0 radical (unpaired) electrons. The first-order chi connectivity index (χ1) is 13.0. The first kappa shape index (κ1) is 18.8. The molecule has 0 aliphatic rings. The number of furan rings is 1. The molecule has 1 aromatic carbocycles. The zero-order valence-corrected chi connectivity index (χ0v) is 16.2. The lowest BCUT2D eigenvalue weighted by molar-refractivity contribution is 0.441. The van der Waals surface area contributed by atoms with E-state index in [1.165, 1.54) is 5.56 Å². The van der Waals surface area contributed by atoms with Crippen molar-refractivity contribution in [2.45, 2.75) is 40.3 Å². The monoisotopic (exact) mass is 366 g/mol. The van der Waals surface area contributed by atoms with Gasteiger partial charge in [-0.05, 0) is 52.0 Å². The molecule has 0 saturated heterocycles. The van der Waals surface area contributed by atoms with Gasteiger partial charge in [-0.25, -0.2) is 9.98 Å². The molecule has 1 atom stereocenters. The fraction of sp³-hybridized carbons (Fsp3) is 0.333. The van der Waals surface area contributed by atoms with Crippen LogP contribution in [0.2, 0.25) is 0 Å². The van der Waals surface area contributed by atoms with E-state index in [4.69, 9.17) is 8.83 Å². The standard InChI is InChI=1S/C21H26N4O2/c1-5-22-21(24-16(4)19-11-8-15(3)27-19)23-12-18-13-26-20(25-18)17-9-6-14(2)7-10-17/h6-11,13,16H,5,12H2,1-4H3,(H2,22,23,24). The molecule has 1 unspecified atom stereocenters. The van der Waals surface area contributed by atoms with Crippen LogP contribution in [0.15, 0.2) is 56.5 Å². The summed E-state index contributed by atoms with van der Waals surface area (Å²) < 4.78 is 11.3. The second-order valence-electron chi connectivity index (χ2n) is 6.52. The number of nitrogens with zero attached hydrogens (tertiary/aromatic N) is 2. The summed E-state index contributed by atoms with van der Waals surface area (Å²) in [7, 11) is 0. The molecule has 0 aliphatic carbocycles. The number of aliphatic imine (C=N–C) groups is 1. The Balaban J connectivity index is 1.67. The van der Waals surface area contributed by atoms with Crippen molar-refractivity contribution in [3.63, 3.8) is 0 Å². The van der Waals surface area contributed by atoms with Gasteiger partial charge in [0.2, 0.25) is 5.89 Å². The number of benzene rings is 1. The van der Waals surface area contributed by atoms with Crippen LogP contribution in [0.4, 0.5) is 0 Å². The fourth-order valence-corrected chi connectivity index (χ4v) is 2.65. The third-order valence-corrected chi connectivity index (χ3v) is 4.13. The summed E-state index contributed by atoms with van der Waals surface area (Å²) in [4.78, 5) is 9.14. The lowest BCUT2D eigenvalue weighted by Crippen LogP contribution is -2.38. The molecule has 3 aromatic rings. The van der Waals surface area contributed by atoms with Crippen LogP contribution < -0.4 is 10.6 Å². The molecule has 0 amide bonds. The second kappa shape index (κ2) is 8.58. The number of hydrogen-bond acceptors (Lipinski definition) is 4. The average molecular weight is 366 g/mol. The molecule has 2 aromatic heterocycles.